The van der Waals surface area contributed by atoms with Gasteiger partial charge in [0.05, 0.1) is 30.6 Å². The van der Waals surface area contributed by atoms with Gasteiger partial charge in [-0.25, -0.2) is 14.4 Å². The molecule has 7 heteroatoms. The van der Waals surface area contributed by atoms with Crippen LogP contribution in [0.1, 0.15) is 55.0 Å². The quantitative estimate of drug-likeness (QED) is 0.790. The SMILES string of the molecule is Cn1cncc1C[C@H]1CC[C@H](C(=O)N2OCC[C@H]2c2cc(F)cc(C#N)c2)CC1. The fraction of sp³-hybridized carbons (Fsp3) is 0.500. The number of nitrogens with zero attached hydrogens (tertiary/aromatic N) is 4. The Morgan fingerprint density at radius 3 is 2.76 bits per heavy atom. The fourth-order valence-electron chi connectivity index (χ4n) is 4.53. The topological polar surface area (TPSA) is 71.2 Å². The number of carbonyl (C=O) groups is 1. The van der Waals surface area contributed by atoms with Gasteiger partial charge in [-0.15, -0.1) is 0 Å². The number of hydrogen-bond donors (Lipinski definition) is 0. The number of carbonyl (C=O) groups excluding carboxylic acids is 1. The normalized spacial score (nSPS) is 24.4. The Morgan fingerprint density at radius 2 is 2.07 bits per heavy atom. The van der Waals surface area contributed by atoms with Gasteiger partial charge in [-0.3, -0.25) is 9.63 Å². The smallest absolute Gasteiger partial charge is 0.249 e. The maximum atomic E-state index is 13.9. The van der Waals surface area contributed by atoms with Crippen LogP contribution in [-0.4, -0.2) is 27.1 Å². The minimum Gasteiger partial charge on any atom is -0.338 e. The van der Waals surface area contributed by atoms with Crippen LogP contribution in [0.2, 0.25) is 0 Å². The summed E-state index contributed by atoms with van der Waals surface area (Å²) in [5, 5.41) is 10.5. The van der Waals surface area contributed by atoms with Crippen LogP contribution in [0.3, 0.4) is 0 Å². The number of benzene rings is 1. The Bertz CT molecular complexity index is 927. The van der Waals surface area contributed by atoms with E-state index in [2.05, 4.69) is 4.98 Å². The summed E-state index contributed by atoms with van der Waals surface area (Å²) in [5.41, 5.74) is 2.11. The summed E-state index contributed by atoms with van der Waals surface area (Å²) in [7, 11) is 2.01. The molecule has 1 saturated heterocycles. The van der Waals surface area contributed by atoms with Gasteiger partial charge in [0, 0.05) is 31.3 Å². The third-order valence-corrected chi connectivity index (χ3v) is 6.17. The van der Waals surface area contributed by atoms with Crippen molar-refractivity contribution in [2.24, 2.45) is 18.9 Å². The third kappa shape index (κ3) is 4.18. The van der Waals surface area contributed by atoms with Crippen LogP contribution in [0.5, 0.6) is 0 Å². The lowest BCUT2D eigenvalue weighted by atomic mass is 9.79. The number of halogens is 1. The number of hydroxylamine groups is 2. The van der Waals surface area contributed by atoms with Gasteiger partial charge in [-0.05, 0) is 61.8 Å². The molecule has 1 amide bonds. The zero-order valence-corrected chi connectivity index (χ0v) is 16.6. The molecule has 1 aromatic carbocycles. The van der Waals surface area contributed by atoms with Crippen LogP contribution < -0.4 is 0 Å². The zero-order valence-electron chi connectivity index (χ0n) is 16.6. The van der Waals surface area contributed by atoms with Crippen LogP contribution in [0.15, 0.2) is 30.7 Å². The van der Waals surface area contributed by atoms with E-state index in [9.17, 15) is 9.18 Å². The monoisotopic (exact) mass is 396 g/mol. The lowest BCUT2D eigenvalue weighted by Crippen LogP contribution is -2.36. The van der Waals surface area contributed by atoms with E-state index < -0.39 is 5.82 Å². The van der Waals surface area contributed by atoms with Gasteiger partial charge in [0.2, 0.25) is 5.91 Å². The van der Waals surface area contributed by atoms with Gasteiger partial charge >= 0.3 is 0 Å². The number of hydrogen-bond acceptors (Lipinski definition) is 4. The average Bonchev–Trinajstić information content (AvgIpc) is 3.37. The highest BCUT2D eigenvalue weighted by atomic mass is 19.1. The molecule has 2 fully saturated rings. The highest BCUT2D eigenvalue weighted by Gasteiger charge is 2.37. The zero-order chi connectivity index (χ0) is 20.4. The Hall–Kier alpha value is -2.72. The van der Waals surface area contributed by atoms with E-state index in [4.69, 9.17) is 10.1 Å². The van der Waals surface area contributed by atoms with E-state index in [0.717, 1.165) is 32.1 Å². The molecule has 2 aliphatic rings. The number of aryl methyl sites for hydroxylation is 1. The molecule has 29 heavy (non-hydrogen) atoms. The van der Waals surface area contributed by atoms with Gasteiger partial charge in [-0.2, -0.15) is 5.26 Å². The molecule has 0 unspecified atom stereocenters. The van der Waals surface area contributed by atoms with Crippen molar-refractivity contribution in [2.45, 2.75) is 44.6 Å². The molecule has 1 atom stereocenters. The van der Waals surface area contributed by atoms with Crippen LogP contribution in [-0.2, 0) is 23.1 Å². The molecule has 0 bridgehead atoms. The standard InChI is InChI=1S/C22H25FN4O2/c1-26-14-25-13-20(26)10-15-2-4-17(5-3-15)22(28)27-21(6-7-29-27)18-8-16(12-24)9-19(23)11-18/h8-9,11,13-15,17,21H,2-7,10H2,1H3/t15-,17-,21-/m0/s1. The number of rotatable bonds is 4. The second-order valence-electron chi connectivity index (χ2n) is 8.10. The van der Waals surface area contributed by atoms with Crippen molar-refractivity contribution < 1.29 is 14.0 Å². The van der Waals surface area contributed by atoms with E-state index in [1.165, 1.54) is 22.9 Å². The molecule has 2 heterocycles. The summed E-state index contributed by atoms with van der Waals surface area (Å²) in [4.78, 5) is 22.9. The minimum absolute atomic E-state index is 0.0192. The molecule has 0 N–H and O–H groups in total. The predicted molar refractivity (Wildman–Crippen MR) is 104 cm³/mol. The lowest BCUT2D eigenvalue weighted by molar-refractivity contribution is -0.183. The summed E-state index contributed by atoms with van der Waals surface area (Å²) in [6.45, 7) is 0.421. The van der Waals surface area contributed by atoms with Crippen LogP contribution >= 0.6 is 0 Å². The second-order valence-corrected chi connectivity index (χ2v) is 8.10. The van der Waals surface area contributed by atoms with Crippen LogP contribution in [0.4, 0.5) is 4.39 Å². The molecule has 2 aromatic rings. The molecule has 1 aliphatic heterocycles. The highest BCUT2D eigenvalue weighted by Crippen LogP contribution is 2.37. The molecular formula is C22H25FN4O2. The van der Waals surface area contributed by atoms with Crippen molar-refractivity contribution in [2.75, 3.05) is 6.61 Å². The van der Waals surface area contributed by atoms with Gasteiger partial charge in [0.25, 0.3) is 0 Å². The first kappa shape index (κ1) is 19.6. The van der Waals surface area contributed by atoms with E-state index in [0.29, 0.717) is 24.5 Å². The van der Waals surface area contributed by atoms with Crippen molar-refractivity contribution in [1.82, 2.24) is 14.6 Å². The van der Waals surface area contributed by atoms with Gasteiger partial charge < -0.3 is 4.57 Å². The summed E-state index contributed by atoms with van der Waals surface area (Å²) in [6, 6.07) is 5.88. The molecule has 152 valence electrons. The molecule has 1 aliphatic carbocycles. The summed E-state index contributed by atoms with van der Waals surface area (Å²) in [5.74, 6) is 0.0109. The van der Waals surface area contributed by atoms with E-state index in [-0.39, 0.29) is 23.4 Å². The molecule has 0 radical (unpaired) electrons. The summed E-state index contributed by atoms with van der Waals surface area (Å²) < 4.78 is 15.9. The third-order valence-electron chi connectivity index (χ3n) is 6.17. The minimum atomic E-state index is -0.464. The maximum absolute atomic E-state index is 13.9. The van der Waals surface area contributed by atoms with Gasteiger partial charge in [0.15, 0.2) is 0 Å². The first-order valence-electron chi connectivity index (χ1n) is 10.2. The number of nitriles is 1. The summed E-state index contributed by atoms with van der Waals surface area (Å²) in [6.07, 6.45) is 8.99. The van der Waals surface area contributed by atoms with Crippen LogP contribution in [0.25, 0.3) is 0 Å². The molecule has 4 rings (SSSR count). The maximum Gasteiger partial charge on any atom is 0.249 e. The average molecular weight is 396 g/mol. The lowest BCUT2D eigenvalue weighted by Gasteiger charge is -2.32. The molecule has 6 nitrogen and oxygen atoms in total. The Balaban J connectivity index is 1.40. The molecule has 1 saturated carbocycles. The predicted octanol–water partition coefficient (Wildman–Crippen LogP) is 3.68. The Morgan fingerprint density at radius 1 is 1.28 bits per heavy atom. The first-order chi connectivity index (χ1) is 14.0. The Labute approximate surface area is 169 Å². The van der Waals surface area contributed by atoms with E-state index in [1.807, 2.05) is 30.2 Å². The number of imidazole rings is 1. The van der Waals surface area contributed by atoms with Crippen molar-refractivity contribution in [3.8, 4) is 6.07 Å². The fourth-order valence-corrected chi connectivity index (χ4v) is 4.53. The number of amides is 1. The van der Waals surface area contributed by atoms with Crippen molar-refractivity contribution in [3.05, 3.63) is 53.4 Å². The highest BCUT2D eigenvalue weighted by molar-refractivity contribution is 5.78. The van der Waals surface area contributed by atoms with Gasteiger partial charge in [0.1, 0.15) is 5.82 Å². The van der Waals surface area contributed by atoms with Crippen molar-refractivity contribution in [1.29, 1.82) is 5.26 Å². The first-order valence-corrected chi connectivity index (χ1v) is 10.2. The van der Waals surface area contributed by atoms with Gasteiger partial charge in [-0.1, -0.05) is 0 Å². The van der Waals surface area contributed by atoms with Crippen molar-refractivity contribution in [3.63, 3.8) is 0 Å². The molecular weight excluding hydrogens is 371 g/mol. The largest absolute Gasteiger partial charge is 0.338 e. The molecule has 1 aromatic heterocycles. The van der Waals surface area contributed by atoms with Crippen molar-refractivity contribution >= 4 is 5.91 Å². The van der Waals surface area contributed by atoms with E-state index in [1.54, 1.807) is 6.07 Å². The second kappa shape index (κ2) is 8.34. The molecule has 0 spiro atoms. The summed E-state index contributed by atoms with van der Waals surface area (Å²) >= 11 is 0. The van der Waals surface area contributed by atoms with E-state index >= 15 is 0 Å². The van der Waals surface area contributed by atoms with Crippen LogP contribution in [0, 0.1) is 29.0 Å². The Kier molecular flexibility index (Phi) is 5.63. The number of aromatic nitrogens is 2.